The van der Waals surface area contributed by atoms with Gasteiger partial charge in [-0.1, -0.05) is 12.2 Å². The summed E-state index contributed by atoms with van der Waals surface area (Å²) in [5.41, 5.74) is 0. The Balaban J connectivity index is 1.88. The second-order valence-corrected chi connectivity index (χ2v) is 5.80. The van der Waals surface area contributed by atoms with Gasteiger partial charge in [0.1, 0.15) is 0 Å². The van der Waals surface area contributed by atoms with Crippen molar-refractivity contribution in [2.75, 3.05) is 14.1 Å². The molecule has 5 unspecified atom stereocenters. The van der Waals surface area contributed by atoms with Crippen LogP contribution in [0.15, 0.2) is 12.2 Å². The lowest BCUT2D eigenvalue weighted by Gasteiger charge is -2.51. The predicted octanol–water partition coefficient (Wildman–Crippen LogP) is 2.54. The van der Waals surface area contributed by atoms with Gasteiger partial charge < -0.3 is 4.90 Å². The van der Waals surface area contributed by atoms with Crippen LogP contribution in [0.2, 0.25) is 0 Å². The molecular weight excluding hydrogens is 170 g/mol. The Kier molecular flexibility index (Phi) is 1.98. The molecule has 0 aliphatic heterocycles. The standard InChI is InChI=1S/C13H21N/c1-14(2)13-8-10-4-3-9-5-11(10)7-12(13)6-9/h3-4,9-13H,5-8H2,1-2H3. The van der Waals surface area contributed by atoms with Crippen molar-refractivity contribution in [3.8, 4) is 0 Å². The molecule has 5 atom stereocenters. The van der Waals surface area contributed by atoms with Gasteiger partial charge in [0.2, 0.25) is 0 Å². The van der Waals surface area contributed by atoms with E-state index in [9.17, 15) is 0 Å². The van der Waals surface area contributed by atoms with Crippen molar-refractivity contribution >= 4 is 0 Å². The zero-order valence-corrected chi connectivity index (χ0v) is 9.32. The number of rotatable bonds is 1. The minimum Gasteiger partial charge on any atom is -0.306 e. The number of allylic oxidation sites excluding steroid dienone is 2. The molecule has 78 valence electrons. The lowest BCUT2D eigenvalue weighted by Crippen LogP contribution is -2.48. The molecule has 3 bridgehead atoms. The summed E-state index contributed by atoms with van der Waals surface area (Å²) in [6, 6.07) is 0.865. The number of fused-ring (bicyclic) bond motifs is 2. The summed E-state index contributed by atoms with van der Waals surface area (Å²) in [6.45, 7) is 0. The normalized spacial score (nSPS) is 50.1. The average Bonchev–Trinajstić information content (AvgIpc) is 2.14. The molecule has 0 heterocycles. The van der Waals surface area contributed by atoms with Crippen molar-refractivity contribution in [2.24, 2.45) is 23.7 Å². The van der Waals surface area contributed by atoms with Crippen LogP contribution >= 0.6 is 0 Å². The van der Waals surface area contributed by atoms with Crippen LogP contribution in [0.3, 0.4) is 0 Å². The Labute approximate surface area is 87.2 Å². The van der Waals surface area contributed by atoms with Crippen LogP contribution in [-0.4, -0.2) is 25.0 Å². The van der Waals surface area contributed by atoms with E-state index in [1.165, 1.54) is 25.7 Å². The zero-order chi connectivity index (χ0) is 9.71. The van der Waals surface area contributed by atoms with Crippen LogP contribution < -0.4 is 0 Å². The summed E-state index contributed by atoms with van der Waals surface area (Å²) in [4.78, 5) is 2.47. The Bertz CT molecular complexity index is 256. The number of hydrogen-bond donors (Lipinski definition) is 0. The van der Waals surface area contributed by atoms with E-state index in [0.29, 0.717) is 0 Å². The number of nitrogens with zero attached hydrogens (tertiary/aromatic N) is 1. The highest BCUT2D eigenvalue weighted by Gasteiger charge is 2.43. The fraction of sp³-hybridized carbons (Fsp3) is 0.846. The quantitative estimate of drug-likeness (QED) is 0.576. The summed E-state index contributed by atoms with van der Waals surface area (Å²) >= 11 is 0. The van der Waals surface area contributed by atoms with E-state index in [4.69, 9.17) is 0 Å². The molecule has 3 aliphatic carbocycles. The van der Waals surface area contributed by atoms with Crippen molar-refractivity contribution in [1.82, 2.24) is 4.90 Å². The van der Waals surface area contributed by atoms with Crippen LogP contribution in [0, 0.1) is 23.7 Å². The van der Waals surface area contributed by atoms with Gasteiger partial charge in [0.25, 0.3) is 0 Å². The first-order chi connectivity index (χ1) is 6.74. The Morgan fingerprint density at radius 2 is 1.71 bits per heavy atom. The topological polar surface area (TPSA) is 3.24 Å². The maximum Gasteiger partial charge on any atom is 0.0123 e. The summed E-state index contributed by atoms with van der Waals surface area (Å²) in [6.07, 6.45) is 10.9. The predicted molar refractivity (Wildman–Crippen MR) is 59.0 cm³/mol. The highest BCUT2D eigenvalue weighted by molar-refractivity contribution is 5.10. The summed E-state index contributed by atoms with van der Waals surface area (Å²) < 4.78 is 0. The van der Waals surface area contributed by atoms with Crippen molar-refractivity contribution in [3.63, 3.8) is 0 Å². The van der Waals surface area contributed by atoms with E-state index < -0.39 is 0 Å². The molecule has 14 heavy (non-hydrogen) atoms. The van der Waals surface area contributed by atoms with Gasteiger partial charge in [-0.25, -0.2) is 0 Å². The third kappa shape index (κ3) is 1.25. The first-order valence-electron chi connectivity index (χ1n) is 6.09. The first-order valence-corrected chi connectivity index (χ1v) is 6.09. The summed E-state index contributed by atoms with van der Waals surface area (Å²) in [5.74, 6) is 3.88. The van der Waals surface area contributed by atoms with Crippen molar-refractivity contribution < 1.29 is 0 Å². The molecule has 1 heteroatoms. The van der Waals surface area contributed by atoms with E-state index in [0.717, 1.165) is 29.7 Å². The molecule has 0 amide bonds. The SMILES string of the molecule is CN(C)C1CC2C=CC3CC2CC1C3. The second kappa shape index (κ2) is 3.10. The first kappa shape index (κ1) is 8.96. The molecule has 1 nitrogen and oxygen atoms in total. The van der Waals surface area contributed by atoms with Crippen LogP contribution in [-0.2, 0) is 0 Å². The lowest BCUT2D eigenvalue weighted by molar-refractivity contribution is 0.0324. The molecule has 2 saturated carbocycles. The maximum atomic E-state index is 2.53. The Morgan fingerprint density at radius 1 is 0.929 bits per heavy atom. The van der Waals surface area contributed by atoms with Crippen LogP contribution in [0.25, 0.3) is 0 Å². The summed E-state index contributed by atoms with van der Waals surface area (Å²) in [5, 5.41) is 0. The molecule has 0 aromatic carbocycles. The van der Waals surface area contributed by atoms with E-state index in [1.807, 2.05) is 0 Å². The lowest BCUT2D eigenvalue weighted by atomic mass is 9.58. The molecule has 3 aliphatic rings. The minimum atomic E-state index is 0.865. The Morgan fingerprint density at radius 3 is 2.50 bits per heavy atom. The van der Waals surface area contributed by atoms with Gasteiger partial charge in [-0.2, -0.15) is 0 Å². The molecule has 2 fully saturated rings. The average molecular weight is 191 g/mol. The van der Waals surface area contributed by atoms with Gasteiger partial charge in [0, 0.05) is 6.04 Å². The third-order valence-corrected chi connectivity index (χ3v) is 4.77. The maximum absolute atomic E-state index is 2.53. The van der Waals surface area contributed by atoms with Gasteiger partial charge in [-0.3, -0.25) is 0 Å². The molecule has 3 rings (SSSR count). The van der Waals surface area contributed by atoms with Gasteiger partial charge in [-0.05, 0) is 63.5 Å². The second-order valence-electron chi connectivity index (χ2n) is 5.80. The Hall–Kier alpha value is -0.300. The van der Waals surface area contributed by atoms with Crippen molar-refractivity contribution in [2.45, 2.75) is 31.7 Å². The molecule has 0 spiro atoms. The van der Waals surface area contributed by atoms with Crippen molar-refractivity contribution in [3.05, 3.63) is 12.2 Å². The highest BCUT2D eigenvalue weighted by atomic mass is 15.1. The monoisotopic (exact) mass is 191 g/mol. The van der Waals surface area contributed by atoms with Crippen molar-refractivity contribution in [1.29, 1.82) is 0 Å². The smallest absolute Gasteiger partial charge is 0.0123 e. The molecule has 0 saturated heterocycles. The van der Waals surface area contributed by atoms with Gasteiger partial charge in [0.05, 0.1) is 0 Å². The molecule has 0 radical (unpaired) electrons. The molecule has 0 N–H and O–H groups in total. The highest BCUT2D eigenvalue weighted by Crippen LogP contribution is 2.50. The van der Waals surface area contributed by atoms with Gasteiger partial charge >= 0.3 is 0 Å². The third-order valence-electron chi connectivity index (χ3n) is 4.77. The van der Waals surface area contributed by atoms with E-state index in [1.54, 1.807) is 0 Å². The largest absolute Gasteiger partial charge is 0.306 e. The van der Waals surface area contributed by atoms with E-state index in [-0.39, 0.29) is 0 Å². The van der Waals surface area contributed by atoms with E-state index in [2.05, 4.69) is 31.1 Å². The van der Waals surface area contributed by atoms with Crippen LogP contribution in [0.1, 0.15) is 25.7 Å². The molecule has 0 aromatic heterocycles. The van der Waals surface area contributed by atoms with Gasteiger partial charge in [0.15, 0.2) is 0 Å². The van der Waals surface area contributed by atoms with E-state index >= 15 is 0 Å². The zero-order valence-electron chi connectivity index (χ0n) is 9.32. The molecule has 0 aromatic rings. The minimum absolute atomic E-state index is 0.865. The van der Waals surface area contributed by atoms with Crippen LogP contribution in [0.4, 0.5) is 0 Å². The van der Waals surface area contributed by atoms with Gasteiger partial charge in [-0.15, -0.1) is 0 Å². The van der Waals surface area contributed by atoms with Crippen LogP contribution in [0.5, 0.6) is 0 Å². The fourth-order valence-corrected chi connectivity index (χ4v) is 4.11. The molecular formula is C13H21N. The number of hydrogen-bond acceptors (Lipinski definition) is 1. The fourth-order valence-electron chi connectivity index (χ4n) is 4.11. The summed E-state index contributed by atoms with van der Waals surface area (Å²) in [7, 11) is 4.52.